The van der Waals surface area contributed by atoms with E-state index in [0.717, 1.165) is 6.66 Å². The number of aromatic nitrogens is 2. The minimum Gasteiger partial charge on any atom is -0.382 e. The molecule has 25 heavy (non-hydrogen) atoms. The van der Waals surface area contributed by atoms with Crippen LogP contribution in [0.15, 0.2) is 11.0 Å². The van der Waals surface area contributed by atoms with Crippen molar-refractivity contribution in [2.24, 2.45) is 0 Å². The van der Waals surface area contributed by atoms with E-state index >= 15 is 0 Å². The van der Waals surface area contributed by atoms with Crippen LogP contribution in [0.4, 0.5) is 5.82 Å². The van der Waals surface area contributed by atoms with E-state index in [-0.39, 0.29) is 30.5 Å². The van der Waals surface area contributed by atoms with Gasteiger partial charge >= 0.3 is 13.3 Å². The highest BCUT2D eigenvalue weighted by Gasteiger charge is 2.40. The number of nitrogens with two attached hydrogens (primary N) is 1. The molecule has 1 aromatic rings. The SMILES string of the molecule is C#Cc1cn([C@H]2C[C@H](OP(C)(=O)O)[C@@H](COC(C)C)O2)c(=O)nc1N. The molecule has 1 fully saturated rings. The summed E-state index contributed by atoms with van der Waals surface area (Å²) in [5.41, 5.74) is 5.22. The third-order valence-electron chi connectivity index (χ3n) is 3.55. The van der Waals surface area contributed by atoms with Crippen molar-refractivity contribution in [1.82, 2.24) is 9.55 Å². The first-order valence-electron chi connectivity index (χ1n) is 7.71. The first-order chi connectivity index (χ1) is 11.6. The standard InChI is InChI=1S/C15H22N3O6P/c1-5-10-7-18(15(19)17-14(10)16)13-6-11(24-25(4,20)21)12(23-13)8-22-9(2)3/h1,7,9,11-13H,6,8H2,2-4H3,(H,20,21)(H2,16,17,19)/t11-,12+,13+/m0/s1. The van der Waals surface area contributed by atoms with Gasteiger partial charge in [-0.15, -0.1) is 6.42 Å². The molecule has 0 radical (unpaired) electrons. The second kappa shape index (κ2) is 7.68. The molecule has 138 valence electrons. The molecule has 0 spiro atoms. The highest BCUT2D eigenvalue weighted by atomic mass is 31.2. The predicted molar refractivity (Wildman–Crippen MR) is 91.1 cm³/mol. The maximum atomic E-state index is 12.1. The lowest BCUT2D eigenvalue weighted by atomic mass is 10.2. The van der Waals surface area contributed by atoms with Crippen LogP contribution in [0.3, 0.4) is 0 Å². The number of terminal acetylenes is 1. The topological polar surface area (TPSA) is 126 Å². The van der Waals surface area contributed by atoms with Crippen molar-refractivity contribution in [3.8, 4) is 12.3 Å². The molecular weight excluding hydrogens is 349 g/mol. The van der Waals surface area contributed by atoms with E-state index in [4.69, 9.17) is 26.2 Å². The van der Waals surface area contributed by atoms with Gasteiger partial charge in [0.15, 0.2) is 0 Å². The number of hydrogen-bond donors (Lipinski definition) is 2. The molecule has 0 saturated carbocycles. The Labute approximate surface area is 145 Å². The van der Waals surface area contributed by atoms with Gasteiger partial charge in [0.2, 0.25) is 0 Å². The molecule has 1 aliphatic rings. The number of nitrogens with zero attached hydrogens (tertiary/aromatic N) is 2. The minimum atomic E-state index is -3.74. The van der Waals surface area contributed by atoms with Crippen LogP contribution in [0.25, 0.3) is 0 Å². The van der Waals surface area contributed by atoms with E-state index in [0.29, 0.717) is 0 Å². The quantitative estimate of drug-likeness (QED) is 0.553. The fraction of sp³-hybridized carbons (Fsp3) is 0.600. The van der Waals surface area contributed by atoms with Gasteiger partial charge in [-0.05, 0) is 13.8 Å². The lowest BCUT2D eigenvalue weighted by Crippen LogP contribution is -2.30. The van der Waals surface area contributed by atoms with Crippen LogP contribution >= 0.6 is 7.60 Å². The Bertz CT molecular complexity index is 766. The Kier molecular flexibility index (Phi) is 6.03. The molecule has 2 rings (SSSR count). The number of rotatable bonds is 6. The largest absolute Gasteiger partial charge is 0.382 e. The van der Waals surface area contributed by atoms with Gasteiger partial charge in [0.1, 0.15) is 18.1 Å². The molecule has 0 aliphatic carbocycles. The Hall–Kier alpha value is -1.69. The van der Waals surface area contributed by atoms with E-state index in [1.54, 1.807) is 0 Å². The van der Waals surface area contributed by atoms with Gasteiger partial charge in [-0.1, -0.05) is 5.92 Å². The summed E-state index contributed by atoms with van der Waals surface area (Å²) in [6, 6.07) is 0. The number of anilines is 1. The van der Waals surface area contributed by atoms with Gasteiger partial charge in [0.25, 0.3) is 0 Å². The summed E-state index contributed by atoms with van der Waals surface area (Å²) in [5.74, 6) is 2.30. The molecule has 9 nitrogen and oxygen atoms in total. The third kappa shape index (κ3) is 5.14. The summed E-state index contributed by atoms with van der Waals surface area (Å²) < 4.78 is 29.4. The molecule has 3 N–H and O–H groups in total. The minimum absolute atomic E-state index is 0.0392. The van der Waals surface area contributed by atoms with Crippen LogP contribution in [-0.2, 0) is 18.6 Å². The Morgan fingerprint density at radius 1 is 1.64 bits per heavy atom. The summed E-state index contributed by atoms with van der Waals surface area (Å²) in [6.07, 6.45) is 4.74. The molecular formula is C15H22N3O6P. The summed E-state index contributed by atoms with van der Waals surface area (Å²) in [4.78, 5) is 25.3. The lowest BCUT2D eigenvalue weighted by molar-refractivity contribution is -0.0721. The summed E-state index contributed by atoms with van der Waals surface area (Å²) >= 11 is 0. The molecule has 1 aromatic heterocycles. The van der Waals surface area contributed by atoms with E-state index < -0.39 is 31.7 Å². The monoisotopic (exact) mass is 371 g/mol. The number of ether oxygens (including phenoxy) is 2. The van der Waals surface area contributed by atoms with Crippen LogP contribution in [0.5, 0.6) is 0 Å². The first kappa shape index (κ1) is 19.6. The fourth-order valence-corrected chi connectivity index (χ4v) is 3.19. The van der Waals surface area contributed by atoms with Crippen molar-refractivity contribution in [3.63, 3.8) is 0 Å². The molecule has 1 aliphatic heterocycles. The zero-order valence-electron chi connectivity index (χ0n) is 14.3. The van der Waals surface area contributed by atoms with E-state index in [1.807, 2.05) is 13.8 Å². The van der Waals surface area contributed by atoms with Gasteiger partial charge in [-0.3, -0.25) is 9.13 Å². The van der Waals surface area contributed by atoms with E-state index in [9.17, 15) is 14.3 Å². The highest BCUT2D eigenvalue weighted by Crippen LogP contribution is 2.44. The van der Waals surface area contributed by atoms with Crippen LogP contribution in [0, 0.1) is 12.3 Å². The summed E-state index contributed by atoms with van der Waals surface area (Å²) in [6.45, 7) is 4.95. The zero-order chi connectivity index (χ0) is 18.8. The smallest absolute Gasteiger partial charge is 0.351 e. The number of nitrogen functional groups attached to an aromatic ring is 1. The molecule has 2 heterocycles. The molecule has 0 aromatic carbocycles. The molecule has 0 amide bonds. The molecule has 10 heteroatoms. The molecule has 1 saturated heterocycles. The van der Waals surface area contributed by atoms with Crippen molar-refractivity contribution in [1.29, 1.82) is 0 Å². The van der Waals surface area contributed by atoms with Crippen LogP contribution in [-0.4, -0.2) is 46.0 Å². The fourth-order valence-electron chi connectivity index (χ4n) is 2.47. The van der Waals surface area contributed by atoms with Gasteiger partial charge < -0.3 is 24.6 Å². The molecule has 4 atom stereocenters. The van der Waals surface area contributed by atoms with Crippen LogP contribution in [0.2, 0.25) is 0 Å². The van der Waals surface area contributed by atoms with E-state index in [1.165, 1.54) is 10.8 Å². The maximum Gasteiger partial charge on any atom is 0.351 e. The Morgan fingerprint density at radius 2 is 2.32 bits per heavy atom. The van der Waals surface area contributed by atoms with Gasteiger partial charge in [0.05, 0.1) is 24.4 Å². The maximum absolute atomic E-state index is 12.1. The Morgan fingerprint density at radius 3 is 2.88 bits per heavy atom. The van der Waals surface area contributed by atoms with Crippen molar-refractivity contribution >= 4 is 13.4 Å². The number of hydrogen-bond acceptors (Lipinski definition) is 7. The third-order valence-corrected chi connectivity index (χ3v) is 4.21. The van der Waals surface area contributed by atoms with Crippen molar-refractivity contribution in [2.75, 3.05) is 19.0 Å². The summed E-state index contributed by atoms with van der Waals surface area (Å²) in [7, 11) is -3.74. The van der Waals surface area contributed by atoms with Crippen LogP contribution < -0.4 is 11.4 Å². The summed E-state index contributed by atoms with van der Waals surface area (Å²) in [5, 5.41) is 0. The van der Waals surface area contributed by atoms with Gasteiger partial charge in [0, 0.05) is 19.3 Å². The first-order valence-corrected chi connectivity index (χ1v) is 9.74. The highest BCUT2D eigenvalue weighted by molar-refractivity contribution is 7.51. The second-order valence-corrected chi connectivity index (χ2v) is 7.88. The lowest BCUT2D eigenvalue weighted by Gasteiger charge is -2.21. The normalized spacial score (nSPS) is 25.7. The van der Waals surface area contributed by atoms with E-state index in [2.05, 4.69) is 10.9 Å². The van der Waals surface area contributed by atoms with Crippen molar-refractivity contribution in [3.05, 3.63) is 22.2 Å². The average molecular weight is 371 g/mol. The van der Waals surface area contributed by atoms with Gasteiger partial charge in [-0.25, -0.2) is 4.79 Å². The van der Waals surface area contributed by atoms with Gasteiger partial charge in [-0.2, -0.15) is 4.98 Å². The molecule has 1 unspecified atom stereocenters. The Balaban J connectivity index is 2.27. The average Bonchev–Trinajstić information content (AvgIpc) is 2.86. The van der Waals surface area contributed by atoms with Crippen molar-refractivity contribution < 1.29 is 23.5 Å². The second-order valence-electron chi connectivity index (χ2n) is 6.07. The predicted octanol–water partition coefficient (Wildman–Crippen LogP) is 0.720. The van der Waals surface area contributed by atoms with Crippen molar-refractivity contribution in [2.45, 2.75) is 44.8 Å². The van der Waals surface area contributed by atoms with Crippen LogP contribution in [0.1, 0.15) is 32.1 Å². The zero-order valence-corrected chi connectivity index (χ0v) is 15.2. The molecule has 0 bridgehead atoms.